The second kappa shape index (κ2) is 7.27. The molecule has 2 amide bonds. The van der Waals surface area contributed by atoms with Crippen molar-refractivity contribution in [2.45, 2.75) is 12.8 Å². The Balaban J connectivity index is 1.58. The lowest BCUT2D eigenvalue weighted by Gasteiger charge is -2.02. The van der Waals surface area contributed by atoms with E-state index in [1.54, 1.807) is 29.8 Å². The molecule has 8 heteroatoms. The fourth-order valence-electron chi connectivity index (χ4n) is 2.28. The number of hydrogen-bond donors (Lipinski definition) is 3. The van der Waals surface area contributed by atoms with E-state index in [1.807, 2.05) is 0 Å². The third-order valence-corrected chi connectivity index (χ3v) is 4.28. The van der Waals surface area contributed by atoms with E-state index >= 15 is 0 Å². The van der Waals surface area contributed by atoms with Crippen molar-refractivity contribution in [2.24, 2.45) is 5.73 Å². The first-order chi connectivity index (χ1) is 12.0. The Morgan fingerprint density at radius 3 is 2.88 bits per heavy atom. The van der Waals surface area contributed by atoms with Gasteiger partial charge in [0.2, 0.25) is 5.91 Å². The zero-order valence-electron chi connectivity index (χ0n) is 13.1. The van der Waals surface area contributed by atoms with Crippen molar-refractivity contribution in [1.29, 1.82) is 0 Å². The zero-order valence-corrected chi connectivity index (χ0v) is 13.9. The van der Waals surface area contributed by atoms with Crippen LogP contribution in [0, 0.1) is 5.82 Å². The van der Waals surface area contributed by atoms with Crippen LogP contribution in [-0.4, -0.2) is 21.8 Å². The molecule has 6 nitrogen and oxygen atoms in total. The van der Waals surface area contributed by atoms with Gasteiger partial charge in [0, 0.05) is 23.6 Å². The maximum atomic E-state index is 13.1. The lowest BCUT2D eigenvalue weighted by atomic mass is 10.1. The minimum Gasteiger partial charge on any atom is -0.364 e. The summed E-state index contributed by atoms with van der Waals surface area (Å²) in [5.41, 5.74) is 7.61. The van der Waals surface area contributed by atoms with E-state index in [9.17, 15) is 14.0 Å². The quantitative estimate of drug-likeness (QED) is 0.631. The number of carbonyl (C=O) groups excluding carboxylic acids is 2. The van der Waals surface area contributed by atoms with Crippen LogP contribution in [0.5, 0.6) is 0 Å². The number of aryl methyl sites for hydroxylation is 1. The number of thiazole rings is 1. The number of rotatable bonds is 6. The lowest BCUT2D eigenvalue weighted by molar-refractivity contribution is -0.116. The van der Waals surface area contributed by atoms with Crippen LogP contribution in [0.15, 0.2) is 41.9 Å². The van der Waals surface area contributed by atoms with Gasteiger partial charge in [-0.05, 0) is 30.2 Å². The molecule has 2 aromatic heterocycles. The maximum absolute atomic E-state index is 13.1. The Kier molecular flexibility index (Phi) is 4.90. The van der Waals surface area contributed by atoms with E-state index in [-0.39, 0.29) is 18.1 Å². The Bertz CT molecular complexity index is 919. The first-order valence-electron chi connectivity index (χ1n) is 7.49. The Hall–Kier alpha value is -3.00. The van der Waals surface area contributed by atoms with Gasteiger partial charge in [0.05, 0.1) is 5.69 Å². The van der Waals surface area contributed by atoms with Crippen molar-refractivity contribution < 1.29 is 14.0 Å². The molecule has 0 saturated heterocycles. The largest absolute Gasteiger partial charge is 0.364 e. The first-order valence-corrected chi connectivity index (χ1v) is 8.37. The minimum atomic E-state index is -0.549. The van der Waals surface area contributed by atoms with Crippen LogP contribution in [0.1, 0.15) is 22.5 Å². The number of anilines is 1. The van der Waals surface area contributed by atoms with Crippen LogP contribution in [0.2, 0.25) is 0 Å². The molecule has 4 N–H and O–H groups in total. The van der Waals surface area contributed by atoms with E-state index in [0.29, 0.717) is 28.5 Å². The molecule has 128 valence electrons. The van der Waals surface area contributed by atoms with E-state index < -0.39 is 5.91 Å². The highest BCUT2D eigenvalue weighted by Crippen LogP contribution is 2.25. The van der Waals surface area contributed by atoms with Crippen molar-refractivity contribution in [1.82, 2.24) is 9.97 Å². The van der Waals surface area contributed by atoms with E-state index in [0.717, 1.165) is 5.56 Å². The van der Waals surface area contributed by atoms with Gasteiger partial charge in [-0.15, -0.1) is 11.3 Å². The number of benzene rings is 1. The van der Waals surface area contributed by atoms with Crippen molar-refractivity contribution in [3.63, 3.8) is 0 Å². The summed E-state index contributed by atoms with van der Waals surface area (Å²) in [4.78, 5) is 30.2. The number of nitrogens with zero attached hydrogens (tertiary/aromatic N) is 1. The van der Waals surface area contributed by atoms with Crippen molar-refractivity contribution in [3.05, 3.63) is 59.0 Å². The summed E-state index contributed by atoms with van der Waals surface area (Å²) in [6.45, 7) is 0. The van der Waals surface area contributed by atoms with Gasteiger partial charge in [0.15, 0.2) is 5.13 Å². The molecule has 1 aromatic carbocycles. The van der Waals surface area contributed by atoms with Crippen molar-refractivity contribution >= 4 is 28.3 Å². The number of nitrogens with two attached hydrogens (primary N) is 1. The number of carbonyl (C=O) groups is 2. The summed E-state index contributed by atoms with van der Waals surface area (Å²) >= 11 is 1.28. The van der Waals surface area contributed by atoms with E-state index in [4.69, 9.17) is 5.73 Å². The molecule has 0 saturated carbocycles. The summed E-state index contributed by atoms with van der Waals surface area (Å²) < 4.78 is 13.1. The molecular weight excluding hydrogens is 343 g/mol. The molecule has 0 unspecified atom stereocenters. The molecule has 2 heterocycles. The highest BCUT2D eigenvalue weighted by atomic mass is 32.1. The molecule has 0 radical (unpaired) electrons. The number of aromatic nitrogens is 2. The third kappa shape index (κ3) is 4.30. The van der Waals surface area contributed by atoms with Gasteiger partial charge in [0.1, 0.15) is 11.5 Å². The summed E-state index contributed by atoms with van der Waals surface area (Å²) in [5.74, 6) is -1.06. The summed E-state index contributed by atoms with van der Waals surface area (Å²) in [6.07, 6.45) is 2.31. The van der Waals surface area contributed by atoms with Crippen LogP contribution in [-0.2, 0) is 11.2 Å². The van der Waals surface area contributed by atoms with Gasteiger partial charge < -0.3 is 16.0 Å². The summed E-state index contributed by atoms with van der Waals surface area (Å²) in [5, 5.41) is 4.95. The minimum absolute atomic E-state index is 0.197. The maximum Gasteiger partial charge on any atom is 0.265 e. The van der Waals surface area contributed by atoms with Crippen molar-refractivity contribution in [2.75, 3.05) is 5.32 Å². The fourth-order valence-corrected chi connectivity index (χ4v) is 3.02. The monoisotopic (exact) mass is 358 g/mol. The van der Waals surface area contributed by atoms with Gasteiger partial charge in [-0.1, -0.05) is 12.1 Å². The zero-order chi connectivity index (χ0) is 17.8. The lowest BCUT2D eigenvalue weighted by Crippen LogP contribution is -2.12. The molecule has 0 spiro atoms. The molecule has 25 heavy (non-hydrogen) atoms. The van der Waals surface area contributed by atoms with Crippen LogP contribution < -0.4 is 11.1 Å². The molecule has 0 aliphatic carbocycles. The Morgan fingerprint density at radius 2 is 2.16 bits per heavy atom. The standard InChI is InChI=1S/C17H15FN4O2S/c18-12-3-1-2-10(6-12)4-5-15(23)22-17-21-14(9-25-17)11-7-13(16(19)24)20-8-11/h1-3,6-9,20H,4-5H2,(H2,19,24)(H,21,22,23). The van der Waals surface area contributed by atoms with Gasteiger partial charge in [-0.25, -0.2) is 9.37 Å². The molecular formula is C17H15FN4O2S. The number of nitrogens with one attached hydrogen (secondary N) is 2. The van der Waals surface area contributed by atoms with Crippen LogP contribution in [0.4, 0.5) is 9.52 Å². The fraction of sp³-hybridized carbons (Fsp3) is 0.118. The van der Waals surface area contributed by atoms with E-state index in [1.165, 1.54) is 23.5 Å². The third-order valence-electron chi connectivity index (χ3n) is 3.52. The van der Waals surface area contributed by atoms with Gasteiger partial charge in [0.25, 0.3) is 5.91 Å². The molecule has 0 fully saturated rings. The van der Waals surface area contributed by atoms with E-state index in [2.05, 4.69) is 15.3 Å². The molecule has 0 bridgehead atoms. The first kappa shape index (κ1) is 16.8. The second-order valence-corrected chi connectivity index (χ2v) is 6.24. The number of hydrogen-bond acceptors (Lipinski definition) is 4. The number of halogens is 1. The highest BCUT2D eigenvalue weighted by Gasteiger charge is 2.11. The number of aromatic amines is 1. The van der Waals surface area contributed by atoms with Gasteiger partial charge >= 0.3 is 0 Å². The smallest absolute Gasteiger partial charge is 0.265 e. The molecule has 0 atom stereocenters. The average molecular weight is 358 g/mol. The second-order valence-electron chi connectivity index (χ2n) is 5.38. The Morgan fingerprint density at radius 1 is 1.32 bits per heavy atom. The number of primary amides is 1. The average Bonchev–Trinajstić information content (AvgIpc) is 3.22. The SMILES string of the molecule is NC(=O)c1cc(-c2csc(NC(=O)CCc3cccc(F)c3)n2)c[nH]1. The molecule has 3 aromatic rings. The van der Waals surface area contributed by atoms with Crippen LogP contribution in [0.3, 0.4) is 0 Å². The summed E-state index contributed by atoms with van der Waals surface area (Å²) in [7, 11) is 0. The highest BCUT2D eigenvalue weighted by molar-refractivity contribution is 7.14. The topological polar surface area (TPSA) is 101 Å². The number of amides is 2. The van der Waals surface area contributed by atoms with Gasteiger partial charge in [-0.3, -0.25) is 9.59 Å². The Labute approximate surface area is 146 Å². The van der Waals surface area contributed by atoms with Crippen LogP contribution in [0.25, 0.3) is 11.3 Å². The predicted octanol–water partition coefficient (Wildman–Crippen LogP) is 2.95. The summed E-state index contributed by atoms with van der Waals surface area (Å²) in [6, 6.07) is 7.78. The molecule has 0 aliphatic rings. The molecule has 0 aliphatic heterocycles. The van der Waals surface area contributed by atoms with Crippen LogP contribution >= 0.6 is 11.3 Å². The van der Waals surface area contributed by atoms with Crippen molar-refractivity contribution in [3.8, 4) is 11.3 Å². The number of H-pyrrole nitrogens is 1. The predicted molar refractivity (Wildman–Crippen MR) is 93.8 cm³/mol. The van der Waals surface area contributed by atoms with Gasteiger partial charge in [-0.2, -0.15) is 0 Å². The molecule has 3 rings (SSSR count). The normalized spacial score (nSPS) is 10.6.